The molecule has 0 atom stereocenters. The first-order chi connectivity index (χ1) is 18.6. The van der Waals surface area contributed by atoms with Crippen LogP contribution in [0, 0.1) is 18.3 Å². The van der Waals surface area contributed by atoms with Gasteiger partial charge in [-0.05, 0) is 67.4 Å². The van der Waals surface area contributed by atoms with E-state index in [4.69, 9.17) is 4.99 Å². The van der Waals surface area contributed by atoms with Gasteiger partial charge in [-0.25, -0.2) is 4.99 Å². The number of nitrogens with zero attached hydrogens (tertiary/aromatic N) is 4. The van der Waals surface area contributed by atoms with E-state index < -0.39 is 0 Å². The molecule has 38 heavy (non-hydrogen) atoms. The van der Waals surface area contributed by atoms with Crippen molar-refractivity contribution in [2.24, 2.45) is 4.99 Å². The van der Waals surface area contributed by atoms with E-state index in [1.165, 1.54) is 11.8 Å². The molecular weight excluding hydrogens is 488 g/mol. The number of carbonyl (C=O) groups excluding carboxylic acids is 1. The third-order valence-electron chi connectivity index (χ3n) is 7.53. The molecule has 0 spiro atoms. The topological polar surface area (TPSA) is 61.4 Å². The van der Waals surface area contributed by atoms with Crippen molar-refractivity contribution < 1.29 is 4.79 Å². The fourth-order valence-corrected chi connectivity index (χ4v) is 6.61. The number of benzene rings is 3. The second-order valence-corrected chi connectivity index (χ2v) is 10.8. The van der Waals surface area contributed by atoms with Crippen LogP contribution in [0.15, 0.2) is 88.8 Å². The number of fused-ring (bicyclic) bond motifs is 1. The number of aromatic nitrogens is 1. The van der Waals surface area contributed by atoms with Crippen molar-refractivity contribution in [1.82, 2.24) is 9.47 Å². The molecule has 2 fully saturated rings. The maximum Gasteiger partial charge on any atom is 0.267 e. The molecule has 188 valence electrons. The lowest BCUT2D eigenvalue weighted by Gasteiger charge is -2.22. The Morgan fingerprint density at radius 2 is 1.71 bits per heavy atom. The number of carbonyl (C=O) groups is 1. The molecule has 0 unspecified atom stereocenters. The fourth-order valence-electron chi connectivity index (χ4n) is 5.57. The monoisotopic (exact) mass is 516 g/mol. The normalized spacial score (nSPS) is 18.2. The van der Waals surface area contributed by atoms with E-state index in [-0.39, 0.29) is 11.9 Å². The Morgan fingerprint density at radius 1 is 1.00 bits per heavy atom. The third-order valence-corrected chi connectivity index (χ3v) is 8.51. The molecule has 5 nitrogen and oxygen atoms in total. The Kier molecular flexibility index (Phi) is 6.61. The first-order valence-electron chi connectivity index (χ1n) is 13.1. The molecule has 0 radical (unpaired) electrons. The second-order valence-electron chi connectivity index (χ2n) is 9.83. The van der Waals surface area contributed by atoms with Gasteiger partial charge in [0.1, 0.15) is 0 Å². The number of nitriles is 1. The minimum Gasteiger partial charge on any atom is -0.340 e. The minimum absolute atomic E-state index is 0.0441. The number of para-hydroxylation sites is 2. The zero-order valence-corrected chi connectivity index (χ0v) is 22.1. The molecule has 6 rings (SSSR count). The standard InChI is InChI=1S/C32H28N4OS/c1-22-28(27-17-9-10-18-29(27)35(22)21-24-12-6-5-11-23(24)20-33)19-30-31(37)36(26-15-7-8-16-26)32(38-30)34-25-13-3-2-4-14-25/h2-6,9-14,17-19,26H,7-8,15-16,21H2,1H3. The van der Waals surface area contributed by atoms with E-state index in [2.05, 4.69) is 29.7 Å². The van der Waals surface area contributed by atoms with Crippen LogP contribution in [-0.4, -0.2) is 26.6 Å². The second kappa shape index (κ2) is 10.4. The van der Waals surface area contributed by atoms with E-state index in [0.29, 0.717) is 17.0 Å². The zero-order valence-electron chi connectivity index (χ0n) is 21.3. The molecule has 4 aromatic rings. The molecule has 1 aliphatic carbocycles. The zero-order chi connectivity index (χ0) is 26.1. The lowest BCUT2D eigenvalue weighted by molar-refractivity contribution is -0.123. The van der Waals surface area contributed by atoms with Crippen LogP contribution in [0.3, 0.4) is 0 Å². The van der Waals surface area contributed by atoms with Crippen molar-refractivity contribution in [3.63, 3.8) is 0 Å². The van der Waals surface area contributed by atoms with Crippen LogP contribution in [0.5, 0.6) is 0 Å². The molecule has 1 aromatic heterocycles. The van der Waals surface area contributed by atoms with Crippen LogP contribution in [-0.2, 0) is 11.3 Å². The Labute approximate surface area is 227 Å². The van der Waals surface area contributed by atoms with E-state index in [9.17, 15) is 10.1 Å². The summed E-state index contributed by atoms with van der Waals surface area (Å²) in [6, 6.07) is 28.4. The van der Waals surface area contributed by atoms with E-state index in [1.54, 1.807) is 0 Å². The Balaban J connectivity index is 1.43. The Morgan fingerprint density at radius 3 is 2.50 bits per heavy atom. The van der Waals surface area contributed by atoms with Crippen LogP contribution in [0.25, 0.3) is 17.0 Å². The highest BCUT2D eigenvalue weighted by molar-refractivity contribution is 8.18. The van der Waals surface area contributed by atoms with Gasteiger partial charge in [-0.2, -0.15) is 5.26 Å². The minimum atomic E-state index is 0.0441. The Bertz CT molecular complexity index is 1620. The van der Waals surface area contributed by atoms with E-state index in [0.717, 1.165) is 64.3 Å². The molecule has 0 bridgehead atoms. The van der Waals surface area contributed by atoms with Crippen molar-refractivity contribution in [1.29, 1.82) is 5.26 Å². The van der Waals surface area contributed by atoms with Crippen molar-refractivity contribution in [3.8, 4) is 6.07 Å². The van der Waals surface area contributed by atoms with Crippen LogP contribution in [0.4, 0.5) is 5.69 Å². The Hall–Kier alpha value is -4.08. The highest BCUT2D eigenvalue weighted by Gasteiger charge is 2.39. The van der Waals surface area contributed by atoms with Crippen LogP contribution in [0.2, 0.25) is 0 Å². The summed E-state index contributed by atoms with van der Waals surface area (Å²) in [5.74, 6) is 0.0441. The average molecular weight is 517 g/mol. The highest BCUT2D eigenvalue weighted by Crippen LogP contribution is 2.40. The van der Waals surface area contributed by atoms with Crippen LogP contribution in [0.1, 0.15) is 48.1 Å². The number of thioether (sulfide) groups is 1. The number of rotatable bonds is 5. The predicted octanol–water partition coefficient (Wildman–Crippen LogP) is 7.42. The van der Waals surface area contributed by atoms with Gasteiger partial charge in [0.25, 0.3) is 5.91 Å². The molecule has 1 saturated carbocycles. The number of amides is 1. The van der Waals surface area contributed by atoms with Crippen molar-refractivity contribution in [3.05, 3.63) is 106 Å². The summed E-state index contributed by atoms with van der Waals surface area (Å²) >= 11 is 1.48. The summed E-state index contributed by atoms with van der Waals surface area (Å²) in [4.78, 5) is 21.4. The van der Waals surface area contributed by atoms with Gasteiger partial charge < -0.3 is 4.57 Å². The summed E-state index contributed by atoms with van der Waals surface area (Å²) < 4.78 is 2.25. The summed E-state index contributed by atoms with van der Waals surface area (Å²) in [7, 11) is 0. The van der Waals surface area contributed by atoms with Crippen molar-refractivity contribution >= 4 is 45.5 Å². The number of hydrogen-bond donors (Lipinski definition) is 0. The molecule has 2 aliphatic rings. The molecule has 3 aromatic carbocycles. The maximum absolute atomic E-state index is 13.8. The van der Waals surface area contributed by atoms with Gasteiger partial charge in [-0.1, -0.05) is 67.4 Å². The lowest BCUT2D eigenvalue weighted by Crippen LogP contribution is -2.37. The first-order valence-corrected chi connectivity index (χ1v) is 13.9. The molecule has 0 N–H and O–H groups in total. The van der Waals surface area contributed by atoms with Gasteiger partial charge in [0.2, 0.25) is 0 Å². The number of amidine groups is 1. The highest BCUT2D eigenvalue weighted by atomic mass is 32.2. The van der Waals surface area contributed by atoms with Crippen LogP contribution >= 0.6 is 11.8 Å². The summed E-state index contributed by atoms with van der Waals surface area (Å²) in [5.41, 5.74) is 5.72. The first kappa shape index (κ1) is 24.3. The molecule has 6 heteroatoms. The summed E-state index contributed by atoms with van der Waals surface area (Å²) in [5, 5.41) is 11.5. The van der Waals surface area contributed by atoms with Gasteiger partial charge in [0.15, 0.2) is 5.17 Å². The van der Waals surface area contributed by atoms with Crippen molar-refractivity contribution in [2.45, 2.75) is 45.2 Å². The molecule has 1 saturated heterocycles. The fraction of sp³-hybridized carbons (Fsp3) is 0.219. The number of aliphatic imine (C=N–C) groups is 1. The van der Waals surface area contributed by atoms with Crippen molar-refractivity contribution in [2.75, 3.05) is 0 Å². The van der Waals surface area contributed by atoms with Gasteiger partial charge in [0, 0.05) is 34.7 Å². The van der Waals surface area contributed by atoms with Gasteiger partial charge in [-0.3, -0.25) is 9.69 Å². The molecule has 2 heterocycles. The average Bonchev–Trinajstić information content (AvgIpc) is 3.64. The van der Waals surface area contributed by atoms with Gasteiger partial charge in [0.05, 0.1) is 22.2 Å². The quantitative estimate of drug-likeness (QED) is 0.259. The molecule has 1 aliphatic heterocycles. The van der Waals surface area contributed by atoms with Gasteiger partial charge >= 0.3 is 0 Å². The summed E-state index contributed by atoms with van der Waals surface area (Å²) in [6.07, 6.45) is 6.38. The lowest BCUT2D eigenvalue weighted by atomic mass is 10.1. The number of hydrogen-bond acceptors (Lipinski definition) is 4. The molecule has 1 amide bonds. The van der Waals surface area contributed by atoms with Gasteiger partial charge in [-0.15, -0.1) is 0 Å². The van der Waals surface area contributed by atoms with E-state index >= 15 is 0 Å². The largest absolute Gasteiger partial charge is 0.340 e. The van der Waals surface area contributed by atoms with Crippen LogP contribution < -0.4 is 0 Å². The predicted molar refractivity (Wildman–Crippen MR) is 155 cm³/mol. The maximum atomic E-state index is 13.8. The SMILES string of the molecule is Cc1c(C=C2SC(=Nc3ccccc3)N(C3CCCC3)C2=O)c2ccccc2n1Cc1ccccc1C#N. The molecular formula is C32H28N4OS. The van der Waals surface area contributed by atoms with E-state index in [1.807, 2.05) is 77.7 Å². The third kappa shape index (κ3) is 4.44. The summed E-state index contributed by atoms with van der Waals surface area (Å²) in [6.45, 7) is 2.69. The smallest absolute Gasteiger partial charge is 0.267 e.